The molecule has 2 aromatic rings. The van der Waals surface area contributed by atoms with Crippen molar-refractivity contribution in [2.75, 3.05) is 13.1 Å². The van der Waals surface area contributed by atoms with Gasteiger partial charge in [-0.25, -0.2) is 4.98 Å². The van der Waals surface area contributed by atoms with Crippen LogP contribution in [0.25, 0.3) is 11.3 Å². The molecule has 2 N–H and O–H groups in total. The molecule has 3 heterocycles. The number of nitrogens with zero attached hydrogens (tertiary/aromatic N) is 2. The van der Waals surface area contributed by atoms with Gasteiger partial charge in [0.1, 0.15) is 0 Å². The zero-order chi connectivity index (χ0) is 12.8. The lowest BCUT2D eigenvalue weighted by molar-refractivity contribution is 0.0618. The Labute approximate surface area is 112 Å². The molecule has 4 rings (SSSR count). The third kappa shape index (κ3) is 1.57. The number of aliphatic hydroxyl groups excluding tert-OH is 1. The van der Waals surface area contributed by atoms with Crippen LogP contribution in [0.3, 0.4) is 0 Å². The van der Waals surface area contributed by atoms with E-state index < -0.39 is 0 Å². The molecule has 2 aliphatic heterocycles. The van der Waals surface area contributed by atoms with Crippen molar-refractivity contribution in [3.05, 3.63) is 42.4 Å². The molecule has 0 bridgehead atoms. The maximum atomic E-state index is 10.3. The van der Waals surface area contributed by atoms with Crippen molar-refractivity contribution in [2.24, 2.45) is 5.92 Å². The van der Waals surface area contributed by atoms with Crippen molar-refractivity contribution >= 4 is 0 Å². The average molecular weight is 255 g/mol. The zero-order valence-corrected chi connectivity index (χ0v) is 10.7. The molecular weight excluding hydrogens is 238 g/mol. The molecule has 1 aromatic carbocycles. The van der Waals surface area contributed by atoms with Gasteiger partial charge in [-0.2, -0.15) is 0 Å². The van der Waals surface area contributed by atoms with Crippen LogP contribution in [0.1, 0.15) is 18.0 Å². The SMILES string of the molecule is O[C@@H]1CNCC[C@H]1[C@H]1c2ccccc2-c2cncn21. The second kappa shape index (κ2) is 4.18. The first-order valence-corrected chi connectivity index (χ1v) is 6.86. The highest BCUT2D eigenvalue weighted by Gasteiger charge is 2.38. The largest absolute Gasteiger partial charge is 0.391 e. The Morgan fingerprint density at radius 3 is 3.11 bits per heavy atom. The number of aliphatic hydroxyl groups is 1. The van der Waals surface area contributed by atoms with E-state index in [1.54, 1.807) is 0 Å². The molecule has 98 valence electrons. The number of nitrogens with one attached hydrogen (secondary N) is 1. The summed E-state index contributed by atoms with van der Waals surface area (Å²) in [5.41, 5.74) is 3.76. The van der Waals surface area contributed by atoms with Crippen LogP contribution in [-0.2, 0) is 0 Å². The molecule has 1 aromatic heterocycles. The number of rotatable bonds is 1. The minimum absolute atomic E-state index is 0.228. The standard InChI is InChI=1S/C15H17N3O/c19-14-8-16-6-5-12(14)15-11-4-2-1-3-10(11)13-7-17-9-18(13)15/h1-4,7,9,12,14-16,19H,5-6,8H2/t12-,14-,15-/m1/s1. The van der Waals surface area contributed by atoms with E-state index in [0.29, 0.717) is 6.54 Å². The van der Waals surface area contributed by atoms with Gasteiger partial charge in [0.05, 0.1) is 30.4 Å². The van der Waals surface area contributed by atoms with Crippen LogP contribution in [0.4, 0.5) is 0 Å². The third-order valence-electron chi connectivity index (χ3n) is 4.43. The summed E-state index contributed by atoms with van der Waals surface area (Å²) in [6.45, 7) is 1.66. The number of benzene rings is 1. The van der Waals surface area contributed by atoms with E-state index >= 15 is 0 Å². The second-order valence-electron chi connectivity index (χ2n) is 5.44. The van der Waals surface area contributed by atoms with Crippen molar-refractivity contribution in [1.29, 1.82) is 0 Å². The summed E-state index contributed by atoms with van der Waals surface area (Å²) in [7, 11) is 0. The normalized spacial score (nSPS) is 29.0. The highest BCUT2D eigenvalue weighted by atomic mass is 16.3. The number of piperidine rings is 1. The summed E-state index contributed by atoms with van der Waals surface area (Å²) in [4.78, 5) is 4.28. The molecule has 3 atom stereocenters. The molecule has 0 radical (unpaired) electrons. The summed E-state index contributed by atoms with van der Waals surface area (Å²) in [5, 5.41) is 13.6. The van der Waals surface area contributed by atoms with Crippen molar-refractivity contribution in [1.82, 2.24) is 14.9 Å². The number of hydrogen-bond donors (Lipinski definition) is 2. The quantitative estimate of drug-likeness (QED) is 0.810. The van der Waals surface area contributed by atoms with Gasteiger partial charge in [-0.05, 0) is 18.5 Å². The molecule has 0 unspecified atom stereocenters. The summed E-state index contributed by atoms with van der Waals surface area (Å²) < 4.78 is 2.23. The fraction of sp³-hybridized carbons (Fsp3) is 0.400. The summed E-state index contributed by atoms with van der Waals surface area (Å²) in [6.07, 6.45) is 4.53. The van der Waals surface area contributed by atoms with E-state index in [-0.39, 0.29) is 18.1 Å². The predicted octanol–water partition coefficient (Wildman–Crippen LogP) is 1.42. The molecule has 1 fully saturated rings. The monoisotopic (exact) mass is 255 g/mol. The number of fused-ring (bicyclic) bond motifs is 3. The van der Waals surface area contributed by atoms with Gasteiger partial charge >= 0.3 is 0 Å². The fourth-order valence-corrected chi connectivity index (χ4v) is 3.54. The van der Waals surface area contributed by atoms with Gasteiger partial charge in [0.15, 0.2) is 0 Å². The smallest absolute Gasteiger partial charge is 0.0956 e. The van der Waals surface area contributed by atoms with E-state index in [0.717, 1.165) is 13.0 Å². The minimum atomic E-state index is -0.292. The Morgan fingerprint density at radius 1 is 1.32 bits per heavy atom. The van der Waals surface area contributed by atoms with Gasteiger partial charge in [-0.15, -0.1) is 0 Å². The van der Waals surface area contributed by atoms with E-state index in [1.165, 1.54) is 16.8 Å². The lowest BCUT2D eigenvalue weighted by Crippen LogP contribution is -2.43. The zero-order valence-electron chi connectivity index (χ0n) is 10.7. The van der Waals surface area contributed by atoms with Gasteiger partial charge < -0.3 is 15.0 Å². The maximum absolute atomic E-state index is 10.3. The Morgan fingerprint density at radius 2 is 2.21 bits per heavy atom. The van der Waals surface area contributed by atoms with Crippen LogP contribution in [0.15, 0.2) is 36.8 Å². The first kappa shape index (κ1) is 11.2. The van der Waals surface area contributed by atoms with Crippen molar-refractivity contribution in [2.45, 2.75) is 18.6 Å². The van der Waals surface area contributed by atoms with Gasteiger partial charge in [-0.1, -0.05) is 24.3 Å². The Balaban J connectivity index is 1.84. The van der Waals surface area contributed by atoms with Crippen LogP contribution in [-0.4, -0.2) is 33.9 Å². The van der Waals surface area contributed by atoms with E-state index in [9.17, 15) is 5.11 Å². The topological polar surface area (TPSA) is 50.1 Å². The lowest BCUT2D eigenvalue weighted by atomic mass is 9.84. The average Bonchev–Trinajstić information content (AvgIpc) is 3.00. The summed E-state index contributed by atoms with van der Waals surface area (Å²) >= 11 is 0. The van der Waals surface area contributed by atoms with Gasteiger partial charge in [0, 0.05) is 18.0 Å². The van der Waals surface area contributed by atoms with Gasteiger partial charge in [0.25, 0.3) is 0 Å². The fourth-order valence-electron chi connectivity index (χ4n) is 3.54. The number of β-amino-alcohol motifs (C(OH)–C–C–N with tert-alkyl or cyclic N) is 1. The Hall–Kier alpha value is -1.65. The number of hydrogen-bond acceptors (Lipinski definition) is 3. The number of aromatic nitrogens is 2. The van der Waals surface area contributed by atoms with Crippen LogP contribution >= 0.6 is 0 Å². The van der Waals surface area contributed by atoms with Gasteiger partial charge in [-0.3, -0.25) is 0 Å². The highest BCUT2D eigenvalue weighted by Crippen LogP contribution is 2.44. The third-order valence-corrected chi connectivity index (χ3v) is 4.43. The van der Waals surface area contributed by atoms with E-state index in [4.69, 9.17) is 0 Å². The molecule has 2 aliphatic rings. The summed E-state index contributed by atoms with van der Waals surface area (Å²) in [5.74, 6) is 0.262. The van der Waals surface area contributed by atoms with E-state index in [2.05, 4.69) is 39.1 Å². The first-order valence-electron chi connectivity index (χ1n) is 6.86. The van der Waals surface area contributed by atoms with Crippen LogP contribution in [0.5, 0.6) is 0 Å². The Bertz CT molecular complexity index is 607. The molecule has 4 nitrogen and oxygen atoms in total. The van der Waals surface area contributed by atoms with Gasteiger partial charge in [0.2, 0.25) is 0 Å². The van der Waals surface area contributed by atoms with Crippen LogP contribution < -0.4 is 5.32 Å². The maximum Gasteiger partial charge on any atom is 0.0956 e. The predicted molar refractivity (Wildman–Crippen MR) is 72.8 cm³/mol. The van der Waals surface area contributed by atoms with Crippen molar-refractivity contribution < 1.29 is 5.11 Å². The van der Waals surface area contributed by atoms with Crippen LogP contribution in [0, 0.1) is 5.92 Å². The molecular formula is C15H17N3O. The minimum Gasteiger partial charge on any atom is -0.391 e. The molecule has 0 saturated carbocycles. The molecule has 4 heteroatoms. The van der Waals surface area contributed by atoms with E-state index in [1.807, 2.05) is 12.5 Å². The van der Waals surface area contributed by atoms with Crippen molar-refractivity contribution in [3.8, 4) is 11.3 Å². The summed E-state index contributed by atoms with van der Waals surface area (Å²) in [6, 6.07) is 8.71. The Kier molecular flexibility index (Phi) is 2.47. The van der Waals surface area contributed by atoms with Crippen molar-refractivity contribution in [3.63, 3.8) is 0 Å². The number of imidazole rings is 1. The molecule has 0 aliphatic carbocycles. The molecule has 19 heavy (non-hydrogen) atoms. The first-order chi connectivity index (χ1) is 9.36. The molecule has 0 amide bonds. The molecule has 0 spiro atoms. The molecule has 1 saturated heterocycles. The van der Waals surface area contributed by atoms with Crippen LogP contribution in [0.2, 0.25) is 0 Å². The lowest BCUT2D eigenvalue weighted by Gasteiger charge is -2.34. The second-order valence-corrected chi connectivity index (χ2v) is 5.44. The highest BCUT2D eigenvalue weighted by molar-refractivity contribution is 5.69.